The Bertz CT molecular complexity index is 1710. The van der Waals surface area contributed by atoms with E-state index in [0.717, 1.165) is 72.6 Å². The Balaban J connectivity index is 1.12. The lowest BCUT2D eigenvalue weighted by Crippen LogP contribution is -2.51. The molecule has 268 valence electrons. The largest absolute Gasteiger partial charge is 0.481 e. The molecule has 1 amide bonds. The number of nitrogens with one attached hydrogen (secondary N) is 1. The molecule has 0 aliphatic carbocycles. The smallest absolute Gasteiger partial charge is 0.303 e. The van der Waals surface area contributed by atoms with Gasteiger partial charge in [0.1, 0.15) is 0 Å². The van der Waals surface area contributed by atoms with Gasteiger partial charge in [0, 0.05) is 70.1 Å². The number of carbonyl (C=O) groups is 2. The summed E-state index contributed by atoms with van der Waals surface area (Å²) in [6.07, 6.45) is -0.242. The van der Waals surface area contributed by atoms with Gasteiger partial charge >= 0.3 is 5.97 Å². The van der Waals surface area contributed by atoms with Gasteiger partial charge in [-0.1, -0.05) is 104 Å². The van der Waals surface area contributed by atoms with Crippen molar-refractivity contribution in [3.63, 3.8) is 0 Å². The molecule has 51 heavy (non-hydrogen) atoms. The van der Waals surface area contributed by atoms with Gasteiger partial charge < -0.3 is 25.0 Å². The van der Waals surface area contributed by atoms with Crippen molar-refractivity contribution in [2.45, 2.75) is 64.4 Å². The van der Waals surface area contributed by atoms with Gasteiger partial charge in [0.15, 0.2) is 6.29 Å². The summed E-state index contributed by atoms with van der Waals surface area (Å²) in [7, 11) is 0. The van der Waals surface area contributed by atoms with Gasteiger partial charge in [-0.15, -0.1) is 0 Å². The number of ether oxygens (including phenoxy) is 2. The zero-order valence-electron chi connectivity index (χ0n) is 29.3. The number of hydrogen-bond donors (Lipinski definition) is 3. The van der Waals surface area contributed by atoms with E-state index in [0.29, 0.717) is 13.0 Å². The van der Waals surface area contributed by atoms with E-state index >= 15 is 0 Å². The van der Waals surface area contributed by atoms with Crippen molar-refractivity contribution in [1.82, 2.24) is 15.1 Å². The minimum atomic E-state index is -0.894. The molecule has 6 rings (SSSR count). The van der Waals surface area contributed by atoms with Crippen LogP contribution in [0.5, 0.6) is 0 Å². The normalized spacial score (nSPS) is 21.3. The van der Waals surface area contributed by atoms with E-state index in [1.165, 1.54) is 5.56 Å². The molecule has 3 N–H and O–H groups in total. The summed E-state index contributed by atoms with van der Waals surface area (Å²) in [6, 6.07) is 35.0. The molecule has 0 spiro atoms. The van der Waals surface area contributed by atoms with Crippen molar-refractivity contribution < 1.29 is 29.3 Å². The number of hydrogen-bond acceptors (Lipinski definition) is 7. The first-order valence-electron chi connectivity index (χ1n) is 18.0. The second-order valence-corrected chi connectivity index (χ2v) is 13.7. The highest BCUT2D eigenvalue weighted by Gasteiger charge is 2.39. The van der Waals surface area contributed by atoms with Crippen LogP contribution >= 0.6 is 0 Å². The predicted molar refractivity (Wildman–Crippen MR) is 196 cm³/mol. The van der Waals surface area contributed by atoms with Gasteiger partial charge in [-0.2, -0.15) is 0 Å². The molecule has 2 aliphatic heterocycles. The molecule has 4 atom stereocenters. The van der Waals surface area contributed by atoms with Gasteiger partial charge in [0.25, 0.3) is 0 Å². The highest BCUT2D eigenvalue weighted by molar-refractivity contribution is 5.76. The summed E-state index contributed by atoms with van der Waals surface area (Å²) >= 11 is 0. The van der Waals surface area contributed by atoms with E-state index in [-0.39, 0.29) is 43.5 Å². The zero-order chi connectivity index (χ0) is 35.6. The molecule has 0 saturated carbocycles. The Kier molecular flexibility index (Phi) is 12.6. The fourth-order valence-corrected chi connectivity index (χ4v) is 6.94. The van der Waals surface area contributed by atoms with Crippen molar-refractivity contribution in [2.24, 2.45) is 5.92 Å². The van der Waals surface area contributed by atoms with Crippen LogP contribution in [-0.4, -0.2) is 70.7 Å². The predicted octanol–water partition coefficient (Wildman–Crippen LogP) is 6.33. The van der Waals surface area contributed by atoms with E-state index in [1.54, 1.807) is 0 Å². The zero-order valence-corrected chi connectivity index (χ0v) is 29.3. The minimum absolute atomic E-state index is 0.00442. The summed E-state index contributed by atoms with van der Waals surface area (Å²) in [5, 5.41) is 21.3. The fourth-order valence-electron chi connectivity index (χ4n) is 6.94. The van der Waals surface area contributed by atoms with E-state index in [4.69, 9.17) is 14.6 Å². The number of aliphatic hydroxyl groups is 1. The highest BCUT2D eigenvalue weighted by Crippen LogP contribution is 2.42. The summed E-state index contributed by atoms with van der Waals surface area (Å²) in [5.74, 6) is -0.933. The van der Waals surface area contributed by atoms with Crippen molar-refractivity contribution in [3.8, 4) is 11.1 Å². The molecule has 4 aromatic rings. The number of benzene rings is 4. The van der Waals surface area contributed by atoms with E-state index in [9.17, 15) is 14.7 Å². The molecule has 4 unspecified atom stereocenters. The Labute approximate surface area is 300 Å². The number of rotatable bonds is 14. The SMILES string of the molecule is CC1C(CN2CCN(Cc3ccccc3)CC2)OC(c2ccc(-c3cccc(CNC(=O)CCCC(=O)O)c3)cc2)OC1c1ccc(CO)cc1. The molecule has 0 bridgehead atoms. The van der Waals surface area contributed by atoms with Crippen LogP contribution in [0, 0.1) is 5.92 Å². The van der Waals surface area contributed by atoms with Gasteiger partial charge in [0.2, 0.25) is 5.91 Å². The third kappa shape index (κ3) is 10.1. The Hall–Kier alpha value is -4.38. The Morgan fingerprint density at radius 3 is 2.14 bits per heavy atom. The Morgan fingerprint density at radius 2 is 1.43 bits per heavy atom. The molecule has 0 radical (unpaired) electrons. The topological polar surface area (TPSA) is 112 Å². The maximum atomic E-state index is 12.2. The standard InChI is InChI=1S/C42H49N3O6/c1-30-38(28-45-23-21-44(22-24-45)27-31-7-3-2-4-8-31)50-42(51-41(30)35-15-13-32(29-46)14-16-35)36-19-17-34(18-20-36)37-10-5-9-33(25-37)26-43-39(47)11-6-12-40(48)49/h2-5,7-10,13-20,25,30,38,41-42,46H,6,11-12,21-24,26-29H2,1H3,(H,43,47)(H,48,49). The van der Waals surface area contributed by atoms with Crippen LogP contribution in [0.2, 0.25) is 0 Å². The number of aliphatic carboxylic acids is 1. The van der Waals surface area contributed by atoms with Crippen LogP contribution < -0.4 is 5.32 Å². The number of amides is 1. The number of piperazine rings is 1. The molecule has 9 nitrogen and oxygen atoms in total. The van der Waals surface area contributed by atoms with Gasteiger partial charge in [-0.25, -0.2) is 0 Å². The lowest BCUT2D eigenvalue weighted by atomic mass is 9.89. The molecule has 2 saturated heterocycles. The number of carbonyl (C=O) groups excluding carboxylic acids is 1. The van der Waals surface area contributed by atoms with Gasteiger partial charge in [-0.3, -0.25) is 19.4 Å². The van der Waals surface area contributed by atoms with Gasteiger partial charge in [-0.05, 0) is 45.9 Å². The summed E-state index contributed by atoms with van der Waals surface area (Å²) in [4.78, 5) is 27.9. The monoisotopic (exact) mass is 691 g/mol. The number of carboxylic acids is 1. The van der Waals surface area contributed by atoms with Crippen LogP contribution in [0.4, 0.5) is 0 Å². The van der Waals surface area contributed by atoms with Crippen molar-refractivity contribution in [3.05, 3.63) is 131 Å². The fraction of sp³-hybridized carbons (Fsp3) is 0.381. The quantitative estimate of drug-likeness (QED) is 0.141. The molecule has 2 aliphatic rings. The third-order valence-electron chi connectivity index (χ3n) is 10.0. The van der Waals surface area contributed by atoms with E-state index < -0.39 is 12.3 Å². The second kappa shape index (κ2) is 17.7. The first kappa shape index (κ1) is 36.4. The highest BCUT2D eigenvalue weighted by atomic mass is 16.7. The molecular weight excluding hydrogens is 642 g/mol. The summed E-state index contributed by atoms with van der Waals surface area (Å²) in [6.45, 7) is 8.41. The maximum absolute atomic E-state index is 12.2. The van der Waals surface area contributed by atoms with Crippen LogP contribution in [0.15, 0.2) is 103 Å². The van der Waals surface area contributed by atoms with Crippen LogP contribution in [-0.2, 0) is 38.8 Å². The maximum Gasteiger partial charge on any atom is 0.303 e. The van der Waals surface area contributed by atoms with E-state index in [2.05, 4.69) is 94.8 Å². The molecule has 2 fully saturated rings. The average molecular weight is 692 g/mol. The van der Waals surface area contributed by atoms with E-state index in [1.807, 2.05) is 30.3 Å². The molecule has 0 aromatic heterocycles. The van der Waals surface area contributed by atoms with Crippen LogP contribution in [0.3, 0.4) is 0 Å². The van der Waals surface area contributed by atoms with Gasteiger partial charge in [0.05, 0.1) is 18.8 Å². The average Bonchev–Trinajstić information content (AvgIpc) is 3.16. The summed E-state index contributed by atoms with van der Waals surface area (Å²) < 4.78 is 13.5. The number of aliphatic hydroxyl groups excluding tert-OH is 1. The number of nitrogens with zero attached hydrogens (tertiary/aromatic N) is 2. The summed E-state index contributed by atoms with van der Waals surface area (Å²) in [5.41, 5.74) is 7.29. The molecule has 4 aromatic carbocycles. The molecular formula is C42H49N3O6. The van der Waals surface area contributed by atoms with Crippen molar-refractivity contribution in [2.75, 3.05) is 32.7 Å². The lowest BCUT2D eigenvalue weighted by molar-refractivity contribution is -0.276. The van der Waals surface area contributed by atoms with Crippen LogP contribution in [0.1, 0.15) is 66.4 Å². The van der Waals surface area contributed by atoms with Crippen molar-refractivity contribution >= 4 is 11.9 Å². The van der Waals surface area contributed by atoms with Crippen LogP contribution in [0.25, 0.3) is 11.1 Å². The lowest BCUT2D eigenvalue weighted by Gasteiger charge is -2.44. The first-order chi connectivity index (χ1) is 24.8. The minimum Gasteiger partial charge on any atom is -0.481 e. The first-order valence-corrected chi connectivity index (χ1v) is 18.0. The third-order valence-corrected chi connectivity index (χ3v) is 10.0. The Morgan fingerprint density at radius 1 is 0.745 bits per heavy atom. The molecule has 2 heterocycles. The number of carboxylic acid groups (broad SMARTS) is 1. The molecule has 9 heteroatoms. The second-order valence-electron chi connectivity index (χ2n) is 13.7. The van der Waals surface area contributed by atoms with Crippen molar-refractivity contribution in [1.29, 1.82) is 0 Å².